The lowest BCUT2D eigenvalue weighted by atomic mass is 9.94. The summed E-state index contributed by atoms with van der Waals surface area (Å²) in [7, 11) is 0. The minimum Gasteiger partial charge on any atom is -0.507 e. The third-order valence-corrected chi connectivity index (χ3v) is 6.73. The summed E-state index contributed by atoms with van der Waals surface area (Å²) in [5.74, 6) is -1.22. The predicted molar refractivity (Wildman–Crippen MR) is 148 cm³/mol. The molecule has 1 atom stereocenters. The van der Waals surface area contributed by atoms with Crippen LogP contribution in [0.3, 0.4) is 0 Å². The van der Waals surface area contributed by atoms with E-state index in [1.807, 2.05) is 37.3 Å². The summed E-state index contributed by atoms with van der Waals surface area (Å²) < 4.78 is 25.4. The zero-order chi connectivity index (χ0) is 27.8. The van der Waals surface area contributed by atoms with E-state index in [-0.39, 0.29) is 23.4 Å². The van der Waals surface area contributed by atoms with Gasteiger partial charge < -0.3 is 19.5 Å². The summed E-state index contributed by atoms with van der Waals surface area (Å²) in [6.07, 6.45) is 3.58. The van der Waals surface area contributed by atoms with Gasteiger partial charge in [-0.1, -0.05) is 56.2 Å². The average molecular weight is 532 g/mol. The molecule has 204 valence electrons. The molecule has 3 aromatic carbocycles. The topological polar surface area (TPSA) is 76.1 Å². The number of amides is 1. The third kappa shape index (κ3) is 6.48. The number of carbonyl (C=O) groups excluding carboxylic acids is 2. The minimum atomic E-state index is -0.855. The summed E-state index contributed by atoms with van der Waals surface area (Å²) in [5.41, 5.74) is 1.83. The van der Waals surface area contributed by atoms with Crippen LogP contribution in [0.25, 0.3) is 5.76 Å². The molecule has 1 fully saturated rings. The molecule has 39 heavy (non-hydrogen) atoms. The van der Waals surface area contributed by atoms with Crippen LogP contribution in [0.1, 0.15) is 55.8 Å². The number of aliphatic hydroxyl groups excluding tert-OH is 1. The molecular weight excluding hydrogens is 497 g/mol. The molecule has 1 unspecified atom stereocenters. The average Bonchev–Trinajstić information content (AvgIpc) is 3.20. The number of unbranched alkanes of at least 4 members (excludes halogenated alkanes) is 2. The van der Waals surface area contributed by atoms with Crippen molar-refractivity contribution < 1.29 is 28.6 Å². The van der Waals surface area contributed by atoms with Crippen LogP contribution < -0.4 is 9.47 Å². The van der Waals surface area contributed by atoms with Crippen molar-refractivity contribution in [1.29, 1.82) is 0 Å². The van der Waals surface area contributed by atoms with Crippen molar-refractivity contribution in [2.75, 3.05) is 19.8 Å². The van der Waals surface area contributed by atoms with Crippen LogP contribution in [0.2, 0.25) is 0 Å². The first-order valence-corrected chi connectivity index (χ1v) is 13.4. The van der Waals surface area contributed by atoms with Crippen LogP contribution in [0.5, 0.6) is 11.5 Å². The van der Waals surface area contributed by atoms with E-state index >= 15 is 0 Å². The summed E-state index contributed by atoms with van der Waals surface area (Å²) in [4.78, 5) is 28.1. The second-order valence-electron chi connectivity index (χ2n) is 9.43. The Morgan fingerprint density at radius 1 is 0.923 bits per heavy atom. The minimum absolute atomic E-state index is 0.0428. The van der Waals surface area contributed by atoms with Gasteiger partial charge in [-0.3, -0.25) is 9.59 Å². The fraction of sp³-hybridized carbons (Fsp3) is 0.312. The molecular formula is C32H34FNO5. The van der Waals surface area contributed by atoms with E-state index in [0.29, 0.717) is 36.7 Å². The predicted octanol–water partition coefficient (Wildman–Crippen LogP) is 6.46. The van der Waals surface area contributed by atoms with Crippen molar-refractivity contribution in [3.63, 3.8) is 0 Å². The first-order valence-electron chi connectivity index (χ1n) is 13.4. The van der Waals surface area contributed by atoms with Crippen LogP contribution in [-0.2, 0) is 16.0 Å². The molecule has 1 heterocycles. The van der Waals surface area contributed by atoms with Gasteiger partial charge in [-0.05, 0) is 67.3 Å². The second-order valence-corrected chi connectivity index (χ2v) is 9.43. The highest BCUT2D eigenvalue weighted by Gasteiger charge is 2.46. The van der Waals surface area contributed by atoms with Gasteiger partial charge in [0.1, 0.15) is 11.6 Å². The van der Waals surface area contributed by atoms with E-state index in [0.717, 1.165) is 24.8 Å². The Bertz CT molecular complexity index is 1320. The zero-order valence-corrected chi connectivity index (χ0v) is 22.4. The van der Waals surface area contributed by atoms with Crippen molar-refractivity contribution >= 4 is 17.4 Å². The molecule has 3 aromatic rings. The maximum atomic E-state index is 13.6. The molecule has 1 aliphatic rings. The van der Waals surface area contributed by atoms with E-state index < -0.39 is 23.5 Å². The molecule has 0 spiro atoms. The van der Waals surface area contributed by atoms with Gasteiger partial charge in [-0.15, -0.1) is 0 Å². The fourth-order valence-electron chi connectivity index (χ4n) is 4.73. The normalized spacial score (nSPS) is 16.5. The lowest BCUT2D eigenvalue weighted by molar-refractivity contribution is -0.139. The van der Waals surface area contributed by atoms with Crippen LogP contribution in [0, 0.1) is 5.82 Å². The Morgan fingerprint density at radius 3 is 2.36 bits per heavy atom. The molecule has 0 aromatic heterocycles. The van der Waals surface area contributed by atoms with Crippen LogP contribution in [0.4, 0.5) is 4.39 Å². The first-order chi connectivity index (χ1) is 18.9. The van der Waals surface area contributed by atoms with Crippen molar-refractivity contribution in [2.45, 2.75) is 45.6 Å². The summed E-state index contributed by atoms with van der Waals surface area (Å²) in [6, 6.07) is 19.3. The second kappa shape index (κ2) is 13.1. The van der Waals surface area contributed by atoms with E-state index in [9.17, 15) is 19.1 Å². The number of halogens is 1. The molecule has 1 N–H and O–H groups in total. The summed E-state index contributed by atoms with van der Waals surface area (Å²) >= 11 is 0. The molecule has 4 rings (SSSR count). The van der Waals surface area contributed by atoms with Gasteiger partial charge in [0.2, 0.25) is 0 Å². The maximum absolute atomic E-state index is 13.6. The SMILES string of the molecule is CCCCCOc1ccc(C2C(=C(O)c3ccc(F)cc3)C(=O)C(=O)N2CCc2ccccc2)cc1OCC. The van der Waals surface area contributed by atoms with Gasteiger partial charge in [-0.2, -0.15) is 0 Å². The number of ketones is 1. The first kappa shape index (κ1) is 27.9. The number of likely N-dealkylation sites (tertiary alicyclic amines) is 1. The largest absolute Gasteiger partial charge is 0.507 e. The molecule has 7 heteroatoms. The third-order valence-electron chi connectivity index (χ3n) is 6.73. The van der Waals surface area contributed by atoms with Crippen molar-refractivity contribution in [2.24, 2.45) is 0 Å². The molecule has 1 aliphatic heterocycles. The number of rotatable bonds is 12. The van der Waals surface area contributed by atoms with Crippen molar-refractivity contribution in [3.8, 4) is 11.5 Å². The Labute approximate surface area is 228 Å². The molecule has 0 bridgehead atoms. The zero-order valence-electron chi connectivity index (χ0n) is 22.4. The number of nitrogens with zero attached hydrogens (tertiary/aromatic N) is 1. The molecule has 0 aliphatic carbocycles. The number of hydrogen-bond donors (Lipinski definition) is 1. The van der Waals surface area contributed by atoms with Gasteiger partial charge in [0, 0.05) is 12.1 Å². The highest BCUT2D eigenvalue weighted by Crippen LogP contribution is 2.42. The Hall–Kier alpha value is -4.13. The monoisotopic (exact) mass is 531 g/mol. The lowest BCUT2D eigenvalue weighted by Gasteiger charge is -2.26. The van der Waals surface area contributed by atoms with Crippen molar-refractivity contribution in [3.05, 3.63) is 101 Å². The lowest BCUT2D eigenvalue weighted by Crippen LogP contribution is -2.31. The Balaban J connectivity index is 1.76. The van der Waals surface area contributed by atoms with E-state index in [1.54, 1.807) is 18.2 Å². The standard InChI is InChI=1S/C32H34FNO5/c1-3-5-9-20-39-26-17-14-24(21-27(26)38-4-2)29-28(30(35)23-12-15-25(33)16-13-23)31(36)32(37)34(29)19-18-22-10-7-6-8-11-22/h6-8,10-17,21,29,35H,3-5,9,18-20H2,1-2H3. The van der Waals surface area contributed by atoms with Gasteiger partial charge >= 0.3 is 0 Å². The summed E-state index contributed by atoms with van der Waals surface area (Å²) in [5, 5.41) is 11.2. The number of benzene rings is 3. The Kier molecular flexibility index (Phi) is 9.36. The highest BCUT2D eigenvalue weighted by atomic mass is 19.1. The molecule has 1 amide bonds. The van der Waals surface area contributed by atoms with Crippen LogP contribution in [0.15, 0.2) is 78.4 Å². The number of ether oxygens (including phenoxy) is 2. The van der Waals surface area contributed by atoms with Crippen LogP contribution >= 0.6 is 0 Å². The molecule has 0 radical (unpaired) electrons. The van der Waals surface area contributed by atoms with E-state index in [2.05, 4.69) is 6.92 Å². The quantitative estimate of drug-likeness (QED) is 0.126. The van der Waals surface area contributed by atoms with Gasteiger partial charge in [0.15, 0.2) is 11.5 Å². The van der Waals surface area contributed by atoms with E-state index in [4.69, 9.17) is 9.47 Å². The van der Waals surface area contributed by atoms with Crippen LogP contribution in [-0.4, -0.2) is 41.5 Å². The van der Waals surface area contributed by atoms with Gasteiger partial charge in [-0.25, -0.2) is 4.39 Å². The molecule has 0 saturated carbocycles. The van der Waals surface area contributed by atoms with E-state index in [1.165, 1.54) is 29.2 Å². The number of carbonyl (C=O) groups is 2. The number of aliphatic hydroxyl groups is 1. The summed E-state index contributed by atoms with van der Waals surface area (Å²) in [6.45, 7) is 5.21. The highest BCUT2D eigenvalue weighted by molar-refractivity contribution is 6.46. The smallest absolute Gasteiger partial charge is 0.295 e. The fourth-order valence-corrected chi connectivity index (χ4v) is 4.73. The van der Waals surface area contributed by atoms with Gasteiger partial charge in [0.25, 0.3) is 11.7 Å². The number of hydrogen-bond acceptors (Lipinski definition) is 5. The Morgan fingerprint density at radius 2 is 1.67 bits per heavy atom. The maximum Gasteiger partial charge on any atom is 0.295 e. The molecule has 6 nitrogen and oxygen atoms in total. The van der Waals surface area contributed by atoms with Crippen molar-refractivity contribution in [1.82, 2.24) is 4.90 Å². The number of Topliss-reactive ketones (excluding diaryl/α,β-unsaturated/α-hetero) is 1. The van der Waals surface area contributed by atoms with Gasteiger partial charge in [0.05, 0.1) is 24.8 Å². The molecule has 1 saturated heterocycles.